The van der Waals surface area contributed by atoms with Gasteiger partial charge in [0.05, 0.1) is 7.11 Å². The molecule has 1 N–H and O–H groups in total. The highest BCUT2D eigenvalue weighted by Gasteiger charge is 2.23. The smallest absolute Gasteiger partial charge is 0.119 e. The number of hydrogen-bond donors (Lipinski definition) is 1. The van der Waals surface area contributed by atoms with Crippen LogP contribution in [0.4, 0.5) is 0 Å². The predicted molar refractivity (Wildman–Crippen MR) is 87.9 cm³/mol. The van der Waals surface area contributed by atoms with Gasteiger partial charge in [-0.2, -0.15) is 0 Å². The van der Waals surface area contributed by atoms with E-state index in [2.05, 4.69) is 54.5 Å². The van der Waals surface area contributed by atoms with Crippen LogP contribution in [0.2, 0.25) is 0 Å². The maximum absolute atomic E-state index is 5.37. The second kappa shape index (κ2) is 7.78. The number of rotatable bonds is 6. The normalized spacial score (nSPS) is 21.5. The van der Waals surface area contributed by atoms with E-state index in [1.54, 1.807) is 7.11 Å². The van der Waals surface area contributed by atoms with Crippen molar-refractivity contribution in [1.29, 1.82) is 0 Å². The van der Waals surface area contributed by atoms with Crippen molar-refractivity contribution in [3.8, 4) is 5.75 Å². The van der Waals surface area contributed by atoms with E-state index in [0.717, 1.165) is 18.8 Å². The average Bonchev–Trinajstić information content (AvgIpc) is 2.52. The summed E-state index contributed by atoms with van der Waals surface area (Å²) in [6.07, 6.45) is 2.57. The Balaban J connectivity index is 2.08. The first-order valence-corrected chi connectivity index (χ1v) is 7.84. The molecule has 1 aromatic carbocycles. The second-order valence-corrected chi connectivity index (χ2v) is 6.14. The summed E-state index contributed by atoms with van der Waals surface area (Å²) in [4.78, 5) is 4.88. The van der Waals surface area contributed by atoms with Crippen LogP contribution >= 0.6 is 0 Å². The van der Waals surface area contributed by atoms with E-state index in [1.807, 2.05) is 6.07 Å². The van der Waals surface area contributed by atoms with Gasteiger partial charge in [0.15, 0.2) is 0 Å². The molecule has 4 nitrogen and oxygen atoms in total. The van der Waals surface area contributed by atoms with Gasteiger partial charge in [-0.3, -0.25) is 4.90 Å². The number of piperidine rings is 1. The number of nitrogens with one attached hydrogen (secondary N) is 1. The van der Waals surface area contributed by atoms with Crippen molar-refractivity contribution in [3.05, 3.63) is 29.8 Å². The van der Waals surface area contributed by atoms with E-state index in [9.17, 15) is 0 Å². The van der Waals surface area contributed by atoms with Crippen LogP contribution in [0.1, 0.15) is 24.4 Å². The van der Waals surface area contributed by atoms with Crippen LogP contribution < -0.4 is 10.1 Å². The number of benzene rings is 1. The Kier molecular flexibility index (Phi) is 6.03. The van der Waals surface area contributed by atoms with Gasteiger partial charge >= 0.3 is 0 Å². The minimum atomic E-state index is 0.399. The first kappa shape index (κ1) is 16.3. The summed E-state index contributed by atoms with van der Waals surface area (Å²) >= 11 is 0. The molecule has 2 rings (SSSR count). The molecular weight excluding hydrogens is 262 g/mol. The molecule has 0 radical (unpaired) electrons. The molecule has 2 unspecified atom stereocenters. The van der Waals surface area contributed by atoms with E-state index in [0.29, 0.717) is 12.1 Å². The van der Waals surface area contributed by atoms with E-state index in [4.69, 9.17) is 4.74 Å². The fourth-order valence-electron chi connectivity index (χ4n) is 3.12. The van der Waals surface area contributed by atoms with Gasteiger partial charge in [-0.15, -0.1) is 0 Å². The van der Waals surface area contributed by atoms with Crippen LogP contribution in [-0.2, 0) is 0 Å². The third kappa shape index (κ3) is 4.43. The molecule has 1 saturated heterocycles. The summed E-state index contributed by atoms with van der Waals surface area (Å²) in [5.41, 5.74) is 1.32. The van der Waals surface area contributed by atoms with Gasteiger partial charge in [0.2, 0.25) is 0 Å². The Morgan fingerprint density at radius 1 is 1.43 bits per heavy atom. The van der Waals surface area contributed by atoms with Gasteiger partial charge in [-0.1, -0.05) is 12.1 Å². The average molecular weight is 291 g/mol. The van der Waals surface area contributed by atoms with Gasteiger partial charge in [0.25, 0.3) is 0 Å². The number of nitrogens with zero attached hydrogens (tertiary/aromatic N) is 2. The highest BCUT2D eigenvalue weighted by Crippen LogP contribution is 2.24. The Morgan fingerprint density at radius 2 is 2.24 bits per heavy atom. The lowest BCUT2D eigenvalue weighted by atomic mass is 10.0. The van der Waals surface area contributed by atoms with E-state index < -0.39 is 0 Å². The number of ether oxygens (including phenoxy) is 1. The van der Waals surface area contributed by atoms with Crippen LogP contribution in [0.3, 0.4) is 0 Å². The standard InChI is InChI=1S/C17H29N3O/c1-18-15-8-6-10-20(12-15)13-17(19(2)3)14-7-5-9-16(11-14)21-4/h5,7,9,11,15,17-18H,6,8,10,12-13H2,1-4H3. The van der Waals surface area contributed by atoms with Crippen LogP contribution in [-0.4, -0.2) is 63.7 Å². The summed E-state index contributed by atoms with van der Waals surface area (Å²) in [7, 11) is 8.11. The van der Waals surface area contributed by atoms with E-state index >= 15 is 0 Å². The van der Waals surface area contributed by atoms with Crippen molar-refractivity contribution in [2.45, 2.75) is 24.9 Å². The lowest BCUT2D eigenvalue weighted by Gasteiger charge is -2.37. The van der Waals surface area contributed by atoms with Gasteiger partial charge in [-0.05, 0) is 58.2 Å². The largest absolute Gasteiger partial charge is 0.497 e. The topological polar surface area (TPSA) is 27.7 Å². The number of hydrogen-bond acceptors (Lipinski definition) is 4. The van der Waals surface area contributed by atoms with Gasteiger partial charge in [-0.25, -0.2) is 0 Å². The minimum Gasteiger partial charge on any atom is -0.497 e. The summed E-state index contributed by atoms with van der Waals surface area (Å²) in [6.45, 7) is 3.41. The molecular formula is C17H29N3O. The molecule has 0 aromatic heterocycles. The molecule has 0 bridgehead atoms. The second-order valence-electron chi connectivity index (χ2n) is 6.14. The number of likely N-dealkylation sites (N-methyl/N-ethyl adjacent to an activating group) is 2. The first-order chi connectivity index (χ1) is 10.1. The van der Waals surface area contributed by atoms with E-state index in [-0.39, 0.29) is 0 Å². The van der Waals surface area contributed by atoms with Crippen LogP contribution in [0.5, 0.6) is 5.75 Å². The molecule has 1 aromatic rings. The summed E-state index contributed by atoms with van der Waals surface area (Å²) < 4.78 is 5.37. The van der Waals surface area contributed by atoms with Crippen molar-refractivity contribution in [3.63, 3.8) is 0 Å². The molecule has 21 heavy (non-hydrogen) atoms. The fraction of sp³-hybridized carbons (Fsp3) is 0.647. The summed E-state index contributed by atoms with van der Waals surface area (Å²) in [6, 6.07) is 9.48. The fourth-order valence-corrected chi connectivity index (χ4v) is 3.12. The molecule has 1 heterocycles. The molecule has 118 valence electrons. The lowest BCUT2D eigenvalue weighted by molar-refractivity contribution is 0.143. The molecule has 0 saturated carbocycles. The Bertz CT molecular complexity index is 436. The zero-order valence-electron chi connectivity index (χ0n) is 13.8. The first-order valence-electron chi connectivity index (χ1n) is 7.84. The molecule has 1 aliphatic heterocycles. The quantitative estimate of drug-likeness (QED) is 0.867. The van der Waals surface area contributed by atoms with Crippen LogP contribution in [0.25, 0.3) is 0 Å². The molecule has 0 aliphatic carbocycles. The highest BCUT2D eigenvalue weighted by molar-refractivity contribution is 5.30. The molecule has 1 fully saturated rings. The van der Waals surface area contributed by atoms with Crippen molar-refractivity contribution < 1.29 is 4.74 Å². The molecule has 0 amide bonds. The third-order valence-electron chi connectivity index (χ3n) is 4.45. The third-order valence-corrected chi connectivity index (χ3v) is 4.45. The highest BCUT2D eigenvalue weighted by atomic mass is 16.5. The van der Waals surface area contributed by atoms with Crippen molar-refractivity contribution in [1.82, 2.24) is 15.1 Å². The van der Waals surface area contributed by atoms with Crippen molar-refractivity contribution in [2.75, 3.05) is 47.9 Å². The summed E-state index contributed by atoms with van der Waals surface area (Å²) in [5, 5.41) is 3.42. The van der Waals surface area contributed by atoms with Crippen molar-refractivity contribution >= 4 is 0 Å². The van der Waals surface area contributed by atoms with Crippen molar-refractivity contribution in [2.24, 2.45) is 0 Å². The molecule has 1 aliphatic rings. The molecule has 2 atom stereocenters. The van der Waals surface area contributed by atoms with Gasteiger partial charge < -0.3 is 15.0 Å². The maximum atomic E-state index is 5.37. The number of methoxy groups -OCH3 is 1. The summed E-state index contributed by atoms with van der Waals surface area (Å²) in [5.74, 6) is 0.936. The SMILES string of the molecule is CNC1CCCN(CC(c2cccc(OC)c2)N(C)C)C1. The zero-order chi connectivity index (χ0) is 15.2. The van der Waals surface area contributed by atoms with Crippen LogP contribution in [0.15, 0.2) is 24.3 Å². The predicted octanol–water partition coefficient (Wildman–Crippen LogP) is 1.98. The zero-order valence-corrected chi connectivity index (χ0v) is 13.8. The molecule has 4 heteroatoms. The van der Waals surface area contributed by atoms with Gasteiger partial charge in [0, 0.05) is 25.2 Å². The minimum absolute atomic E-state index is 0.399. The van der Waals surface area contributed by atoms with Gasteiger partial charge in [0.1, 0.15) is 5.75 Å². The Hall–Kier alpha value is -1.10. The Labute approximate surface area is 129 Å². The lowest BCUT2D eigenvalue weighted by Crippen LogP contribution is -2.47. The Morgan fingerprint density at radius 3 is 2.90 bits per heavy atom. The van der Waals surface area contributed by atoms with E-state index in [1.165, 1.54) is 24.9 Å². The number of likely N-dealkylation sites (tertiary alicyclic amines) is 1. The van der Waals surface area contributed by atoms with Crippen LogP contribution in [0, 0.1) is 0 Å². The molecule has 0 spiro atoms. The maximum Gasteiger partial charge on any atom is 0.119 e. The monoisotopic (exact) mass is 291 g/mol.